The van der Waals surface area contributed by atoms with Crippen molar-refractivity contribution in [2.24, 2.45) is 0 Å². The summed E-state index contributed by atoms with van der Waals surface area (Å²) in [6.07, 6.45) is 0. The van der Waals surface area contributed by atoms with Gasteiger partial charge in [-0.1, -0.05) is 294 Å². The first-order valence-corrected chi connectivity index (χ1v) is 30.2. The Morgan fingerprint density at radius 2 is 0.544 bits per heavy atom. The molecule has 19 rings (SSSR count). The molecule has 0 amide bonds. The lowest BCUT2D eigenvalue weighted by molar-refractivity contribution is 0.662. The SMILES string of the molecule is [2H]c1c([2H])c([2H])c2c(-c3cccc4oc5ccccc5c34)c3c([2H])c([2H])c([2H])c([2H])c3c(-c3ccc(-c4cccc5c4C(C)(C)c4ccccc4-5)cc3)c2c1[2H].[2H]c1c([2H])c([2H])c2c(-c3cccc4oc5ccccc5c34)c3c([2H])c([2H])c([2H])c([2H])c3c(-c3cccc4c3C(C)(C)c3ccccc3-4)c2c1[2H]. The van der Waals surface area contributed by atoms with Gasteiger partial charge in [-0.2, -0.15) is 0 Å². The van der Waals surface area contributed by atoms with E-state index in [1.165, 1.54) is 22.3 Å². The monoisotopic (exact) mass is 1160 g/mol. The highest BCUT2D eigenvalue weighted by Gasteiger charge is 2.39. The minimum absolute atomic E-state index is 0.172. The Balaban J connectivity index is 0.000000151. The van der Waals surface area contributed by atoms with Crippen LogP contribution in [0.1, 0.15) is 71.9 Å². The summed E-state index contributed by atoms with van der Waals surface area (Å²) in [7, 11) is 0. The van der Waals surface area contributed by atoms with Crippen molar-refractivity contribution in [2.75, 3.05) is 0 Å². The third kappa shape index (κ3) is 7.52. The molecular weight excluding hydrogens is 1090 g/mol. The second kappa shape index (κ2) is 19.7. The second-order valence-corrected chi connectivity index (χ2v) is 24.4. The van der Waals surface area contributed by atoms with Crippen LogP contribution in [0.2, 0.25) is 0 Å². The molecule has 2 heteroatoms. The molecule has 0 saturated heterocycles. The summed E-state index contributed by atoms with van der Waals surface area (Å²) in [6.45, 7) is 8.72. The maximum atomic E-state index is 9.46. The summed E-state index contributed by atoms with van der Waals surface area (Å²) >= 11 is 0. The zero-order valence-electron chi connectivity index (χ0n) is 65.3. The van der Waals surface area contributed by atoms with Crippen molar-refractivity contribution in [3.63, 3.8) is 0 Å². The Labute approximate surface area is 545 Å². The Morgan fingerprint density at radius 3 is 0.989 bits per heavy atom. The minimum Gasteiger partial charge on any atom is -0.456 e. The van der Waals surface area contributed by atoms with Crippen LogP contribution >= 0.6 is 0 Å². The maximum absolute atomic E-state index is 9.46. The van der Waals surface area contributed by atoms with Crippen LogP contribution in [0.3, 0.4) is 0 Å². The first kappa shape index (κ1) is 38.3. The summed E-state index contributed by atoms with van der Waals surface area (Å²) in [5, 5.41) is 4.41. The van der Waals surface area contributed by atoms with E-state index in [1.807, 2.05) is 127 Å². The van der Waals surface area contributed by atoms with Crippen LogP contribution in [0.15, 0.2) is 300 Å². The van der Waals surface area contributed by atoms with Crippen LogP contribution in [0.5, 0.6) is 0 Å². The van der Waals surface area contributed by atoms with Crippen molar-refractivity contribution < 1.29 is 30.8 Å². The fraction of sp³-hybridized carbons (Fsp3) is 0.0682. The molecular formula is C88H60O2. The largest absolute Gasteiger partial charge is 0.456 e. The lowest BCUT2D eigenvalue weighted by Gasteiger charge is -2.26. The third-order valence-electron chi connectivity index (χ3n) is 19.0. The van der Waals surface area contributed by atoms with E-state index in [2.05, 4.69) is 82.3 Å². The van der Waals surface area contributed by atoms with Crippen LogP contribution in [0, 0.1) is 0 Å². The summed E-state index contributed by atoms with van der Waals surface area (Å²) in [6, 6.07) is 56.8. The van der Waals surface area contributed by atoms with Crippen LogP contribution in [0.4, 0.5) is 0 Å². The molecule has 17 aromatic rings. The van der Waals surface area contributed by atoms with E-state index >= 15 is 0 Å². The Kier molecular flexibility index (Phi) is 8.39. The molecule has 90 heavy (non-hydrogen) atoms. The number of rotatable bonds is 5. The van der Waals surface area contributed by atoms with E-state index in [4.69, 9.17) is 19.8 Å². The molecule has 0 radical (unpaired) electrons. The van der Waals surface area contributed by atoms with Crippen molar-refractivity contribution in [2.45, 2.75) is 38.5 Å². The van der Waals surface area contributed by atoms with Gasteiger partial charge in [0.15, 0.2) is 0 Å². The molecule has 15 aromatic carbocycles. The van der Waals surface area contributed by atoms with Gasteiger partial charge < -0.3 is 8.83 Å². The standard InChI is InChI=1S/C47H32O.C41H28O/c1-47(2)40-22-9-7-13-32(40)37-20-11-19-31(46(37)47)29-25-27-30(28-26-29)43-33-14-3-5-16-35(33)44(36-17-6-4-15-34(36)43)39-21-12-24-42-45(39)38-18-8-10-23-41(38)48-42;1-41(2)34-22-9-7-13-25(34)30-19-11-21-33(40(30)41)38-28-16-5-3-14-26(28)37(27-15-4-6-17-29(27)38)32-20-12-24-36-39(32)31-18-8-10-23-35(31)42-36/h3-28H,1-2H3;3-24H,1-2H3/i2*3D,4D,5D,6D,14D,15D,16D,17D. The van der Waals surface area contributed by atoms with Gasteiger partial charge in [0, 0.05) is 32.4 Å². The number of hydrogen-bond donors (Lipinski definition) is 0. The van der Waals surface area contributed by atoms with Gasteiger partial charge in [0.25, 0.3) is 0 Å². The molecule has 2 aliphatic rings. The summed E-state index contributed by atoms with van der Waals surface area (Å²) in [5.41, 5.74) is 16.2. The van der Waals surface area contributed by atoms with E-state index in [9.17, 15) is 11.0 Å². The highest BCUT2D eigenvalue weighted by Crippen LogP contribution is 2.57. The Bertz CT molecular complexity index is 6680. The average molecular weight is 1170 g/mol. The molecule has 2 aromatic heterocycles. The minimum atomic E-state index is -0.530. The number of benzene rings is 15. The van der Waals surface area contributed by atoms with Crippen molar-refractivity contribution in [1.29, 1.82) is 0 Å². The van der Waals surface area contributed by atoms with Crippen molar-refractivity contribution in [1.82, 2.24) is 0 Å². The Hall–Kier alpha value is -11.1. The third-order valence-corrected chi connectivity index (χ3v) is 19.0. The lowest BCUT2D eigenvalue weighted by atomic mass is 9.76. The summed E-state index contributed by atoms with van der Waals surface area (Å²) in [4.78, 5) is 0. The number of hydrogen-bond acceptors (Lipinski definition) is 2. The molecule has 424 valence electrons. The molecule has 0 fully saturated rings. The van der Waals surface area contributed by atoms with Gasteiger partial charge in [-0.3, -0.25) is 0 Å². The predicted molar refractivity (Wildman–Crippen MR) is 380 cm³/mol. The predicted octanol–water partition coefficient (Wildman–Crippen LogP) is 24.7. The van der Waals surface area contributed by atoms with Crippen molar-refractivity contribution in [3.8, 4) is 77.9 Å². The van der Waals surface area contributed by atoms with Gasteiger partial charge in [0.2, 0.25) is 0 Å². The molecule has 0 bridgehead atoms. The highest BCUT2D eigenvalue weighted by molar-refractivity contribution is 6.28. The van der Waals surface area contributed by atoms with Crippen molar-refractivity contribution >= 4 is 87.0 Å². The number of fused-ring (bicyclic) bond motifs is 16. The van der Waals surface area contributed by atoms with Gasteiger partial charge in [-0.25, -0.2) is 0 Å². The van der Waals surface area contributed by atoms with Gasteiger partial charge >= 0.3 is 0 Å². The molecule has 2 nitrogen and oxygen atoms in total. The molecule has 0 atom stereocenters. The fourth-order valence-corrected chi connectivity index (χ4v) is 15.3. The van der Waals surface area contributed by atoms with Gasteiger partial charge in [0.05, 0.1) is 21.9 Å². The molecule has 2 aliphatic carbocycles. The molecule has 0 spiro atoms. The lowest BCUT2D eigenvalue weighted by Crippen LogP contribution is -2.16. The van der Waals surface area contributed by atoms with E-state index in [-0.39, 0.29) is 96.8 Å². The zero-order chi connectivity index (χ0) is 73.9. The van der Waals surface area contributed by atoms with Crippen LogP contribution in [-0.4, -0.2) is 0 Å². The van der Waals surface area contributed by atoms with Crippen LogP contribution in [-0.2, 0) is 10.8 Å². The number of para-hydroxylation sites is 2. The normalized spacial score (nSPS) is 16.0. The summed E-state index contributed by atoms with van der Waals surface area (Å²) in [5.74, 6) is 0. The molecule has 0 N–H and O–H groups in total. The first-order valence-electron chi connectivity index (χ1n) is 38.2. The average Bonchev–Trinajstić information content (AvgIpc) is 0.707. The topological polar surface area (TPSA) is 26.3 Å². The van der Waals surface area contributed by atoms with Gasteiger partial charge in [-0.15, -0.1) is 0 Å². The first-order chi connectivity index (χ1) is 50.9. The van der Waals surface area contributed by atoms with Crippen molar-refractivity contribution in [3.05, 3.63) is 313 Å². The molecule has 0 aliphatic heterocycles. The van der Waals surface area contributed by atoms with E-state index in [0.29, 0.717) is 77.6 Å². The van der Waals surface area contributed by atoms with Crippen LogP contribution in [0.25, 0.3) is 165 Å². The molecule has 0 unspecified atom stereocenters. The summed E-state index contributed by atoms with van der Waals surface area (Å²) < 4.78 is 159. The van der Waals surface area contributed by atoms with E-state index in [1.54, 1.807) is 12.1 Å². The quantitative estimate of drug-likeness (QED) is 0.161. The van der Waals surface area contributed by atoms with E-state index in [0.717, 1.165) is 44.2 Å². The number of furan rings is 2. The van der Waals surface area contributed by atoms with E-state index < -0.39 is 53.8 Å². The Morgan fingerprint density at radius 1 is 0.244 bits per heavy atom. The fourth-order valence-electron chi connectivity index (χ4n) is 15.3. The molecule has 2 heterocycles. The smallest absolute Gasteiger partial charge is 0.136 e. The molecule has 0 saturated carbocycles. The second-order valence-electron chi connectivity index (χ2n) is 24.4. The van der Waals surface area contributed by atoms with Gasteiger partial charge in [0.1, 0.15) is 22.3 Å². The highest BCUT2D eigenvalue weighted by atomic mass is 16.3. The maximum Gasteiger partial charge on any atom is 0.136 e. The zero-order valence-corrected chi connectivity index (χ0v) is 49.3. The van der Waals surface area contributed by atoms with Gasteiger partial charge in [-0.05, 0) is 167 Å². The van der Waals surface area contributed by atoms with Crippen LogP contribution < -0.4 is 0 Å².